The molecule has 7 nitrogen and oxygen atoms in total. The Morgan fingerprint density at radius 2 is 1.54 bits per heavy atom. The number of nitrogens with one attached hydrogen (secondary N) is 1. The number of halogens is 1. The average Bonchev–Trinajstić information content (AvgIpc) is 2.91. The van der Waals surface area contributed by atoms with Crippen molar-refractivity contribution >= 4 is 43.5 Å². The summed E-state index contributed by atoms with van der Waals surface area (Å²) in [5.41, 5.74) is 3.12. The van der Waals surface area contributed by atoms with Gasteiger partial charge in [-0.1, -0.05) is 64.8 Å². The third kappa shape index (κ3) is 7.70. The number of nitrogens with zero attached hydrogens (tertiary/aromatic N) is 2. The molecule has 0 radical (unpaired) electrons. The summed E-state index contributed by atoms with van der Waals surface area (Å²) < 4.78 is 29.6. The summed E-state index contributed by atoms with van der Waals surface area (Å²) in [7, 11) is -4.09. The molecular weight excluding hydrogens is 578 g/mol. The Labute approximate surface area is 240 Å². The standard InChI is InChI=1S/C30H36BrN3O4S/c1-6-23(4)32-30(36)24(5)33(19-25-10-8-7-9-22(25)3)29(35)20-34(27-15-13-26(31)14-16-27)39(37,38)28-17-11-21(2)12-18-28/h7-18,23-24H,6,19-20H2,1-5H3,(H,32,36). The van der Waals surface area contributed by atoms with Gasteiger partial charge in [0.05, 0.1) is 10.6 Å². The molecule has 3 aromatic rings. The zero-order chi connectivity index (χ0) is 28.7. The van der Waals surface area contributed by atoms with E-state index in [-0.39, 0.29) is 23.4 Å². The monoisotopic (exact) mass is 613 g/mol. The number of amides is 2. The molecule has 2 atom stereocenters. The first-order valence-electron chi connectivity index (χ1n) is 12.9. The summed E-state index contributed by atoms with van der Waals surface area (Å²) in [6.45, 7) is 9.06. The highest BCUT2D eigenvalue weighted by Crippen LogP contribution is 2.26. The molecule has 9 heteroatoms. The molecule has 0 spiro atoms. The van der Waals surface area contributed by atoms with E-state index in [2.05, 4.69) is 21.2 Å². The average molecular weight is 615 g/mol. The van der Waals surface area contributed by atoms with Gasteiger partial charge in [0.1, 0.15) is 12.6 Å². The Hall–Kier alpha value is -3.17. The van der Waals surface area contributed by atoms with Crippen molar-refractivity contribution in [1.82, 2.24) is 10.2 Å². The Kier molecular flexibility index (Phi) is 10.3. The van der Waals surface area contributed by atoms with E-state index in [9.17, 15) is 18.0 Å². The molecule has 3 rings (SSSR count). The number of aryl methyl sites for hydroxylation is 2. The van der Waals surface area contributed by atoms with Crippen LogP contribution in [0.2, 0.25) is 0 Å². The molecule has 2 amide bonds. The number of sulfonamides is 1. The second kappa shape index (κ2) is 13.3. The molecule has 0 bridgehead atoms. The van der Waals surface area contributed by atoms with E-state index >= 15 is 0 Å². The van der Waals surface area contributed by atoms with Crippen molar-refractivity contribution in [2.45, 2.75) is 64.6 Å². The van der Waals surface area contributed by atoms with E-state index < -0.39 is 28.5 Å². The van der Waals surface area contributed by atoms with Crippen LogP contribution in [0.15, 0.2) is 82.2 Å². The van der Waals surface area contributed by atoms with Gasteiger partial charge in [-0.05, 0) is 81.6 Å². The van der Waals surface area contributed by atoms with Crippen molar-refractivity contribution in [2.75, 3.05) is 10.8 Å². The molecular formula is C30H36BrN3O4S. The topological polar surface area (TPSA) is 86.8 Å². The normalized spacial score (nSPS) is 12.9. The molecule has 0 aromatic heterocycles. The van der Waals surface area contributed by atoms with Crippen LogP contribution in [-0.4, -0.2) is 43.8 Å². The minimum atomic E-state index is -4.09. The number of carbonyl (C=O) groups is 2. The van der Waals surface area contributed by atoms with Crippen LogP contribution in [0.3, 0.4) is 0 Å². The number of hydrogen-bond acceptors (Lipinski definition) is 4. The first-order chi connectivity index (χ1) is 18.4. The molecule has 0 heterocycles. The Morgan fingerprint density at radius 1 is 0.923 bits per heavy atom. The van der Waals surface area contributed by atoms with Gasteiger partial charge >= 0.3 is 0 Å². The van der Waals surface area contributed by atoms with Gasteiger partial charge in [-0.15, -0.1) is 0 Å². The maximum atomic E-state index is 14.0. The first kappa shape index (κ1) is 30.4. The molecule has 0 aliphatic carbocycles. The first-order valence-corrected chi connectivity index (χ1v) is 15.2. The summed E-state index contributed by atoms with van der Waals surface area (Å²) >= 11 is 3.39. The van der Waals surface area contributed by atoms with Gasteiger partial charge in [0.2, 0.25) is 11.8 Å². The predicted octanol–water partition coefficient (Wildman–Crippen LogP) is 5.59. The van der Waals surface area contributed by atoms with Crippen molar-refractivity contribution in [3.05, 3.63) is 94.0 Å². The smallest absolute Gasteiger partial charge is 0.264 e. The molecule has 3 aromatic carbocycles. The molecule has 0 aliphatic rings. The summed E-state index contributed by atoms with van der Waals surface area (Å²) in [6.07, 6.45) is 0.746. The molecule has 0 saturated carbocycles. The van der Waals surface area contributed by atoms with E-state index in [4.69, 9.17) is 0 Å². The van der Waals surface area contributed by atoms with Crippen molar-refractivity contribution in [3.63, 3.8) is 0 Å². The quantitative estimate of drug-likeness (QED) is 0.305. The fraction of sp³-hybridized carbons (Fsp3) is 0.333. The van der Waals surface area contributed by atoms with E-state index in [1.165, 1.54) is 17.0 Å². The number of carbonyl (C=O) groups excluding carboxylic acids is 2. The molecule has 0 aliphatic heterocycles. The van der Waals surface area contributed by atoms with Gasteiger partial charge in [-0.3, -0.25) is 13.9 Å². The zero-order valence-electron chi connectivity index (χ0n) is 23.0. The van der Waals surface area contributed by atoms with Crippen molar-refractivity contribution < 1.29 is 18.0 Å². The second-order valence-electron chi connectivity index (χ2n) is 9.74. The minimum Gasteiger partial charge on any atom is -0.352 e. The van der Waals surface area contributed by atoms with Crippen molar-refractivity contribution in [1.29, 1.82) is 0 Å². The lowest BCUT2D eigenvalue weighted by atomic mass is 10.1. The molecule has 0 fully saturated rings. The van der Waals surface area contributed by atoms with Gasteiger partial charge in [-0.2, -0.15) is 0 Å². The number of rotatable bonds is 11. The van der Waals surface area contributed by atoms with Crippen molar-refractivity contribution in [2.24, 2.45) is 0 Å². The largest absolute Gasteiger partial charge is 0.352 e. The van der Waals surface area contributed by atoms with Gasteiger partial charge in [0.15, 0.2) is 0 Å². The number of anilines is 1. The fourth-order valence-corrected chi connectivity index (χ4v) is 5.67. The lowest BCUT2D eigenvalue weighted by Crippen LogP contribution is -2.52. The summed E-state index contributed by atoms with van der Waals surface area (Å²) in [5, 5.41) is 2.95. The Bertz CT molecular complexity index is 1390. The van der Waals surface area contributed by atoms with Gasteiger partial charge in [0.25, 0.3) is 10.0 Å². The van der Waals surface area contributed by atoms with Gasteiger partial charge < -0.3 is 10.2 Å². The maximum absolute atomic E-state index is 14.0. The summed E-state index contributed by atoms with van der Waals surface area (Å²) in [6, 6.07) is 20.0. The van der Waals surface area contributed by atoms with Crippen molar-refractivity contribution in [3.8, 4) is 0 Å². The predicted molar refractivity (Wildman–Crippen MR) is 159 cm³/mol. The molecule has 208 valence electrons. The van der Waals surface area contributed by atoms with Crippen LogP contribution in [-0.2, 0) is 26.2 Å². The molecule has 1 N–H and O–H groups in total. The molecule has 0 saturated heterocycles. The highest BCUT2D eigenvalue weighted by molar-refractivity contribution is 9.10. The molecule has 2 unspecified atom stereocenters. The van der Waals surface area contributed by atoms with Crippen LogP contribution >= 0.6 is 15.9 Å². The third-order valence-corrected chi connectivity index (χ3v) is 9.09. The summed E-state index contributed by atoms with van der Waals surface area (Å²) in [5.74, 6) is -0.772. The van der Waals surface area contributed by atoms with Crippen LogP contribution in [0.25, 0.3) is 0 Å². The zero-order valence-corrected chi connectivity index (χ0v) is 25.4. The highest BCUT2D eigenvalue weighted by atomic mass is 79.9. The summed E-state index contributed by atoms with van der Waals surface area (Å²) in [4.78, 5) is 28.6. The Balaban J connectivity index is 2.03. The van der Waals surface area contributed by atoms with E-state index in [1.807, 2.05) is 52.0 Å². The SMILES string of the molecule is CCC(C)NC(=O)C(C)N(Cc1ccccc1C)C(=O)CN(c1ccc(Br)cc1)S(=O)(=O)c1ccc(C)cc1. The van der Waals surface area contributed by atoms with Crippen LogP contribution in [0, 0.1) is 13.8 Å². The van der Waals surface area contributed by atoms with Crippen LogP contribution in [0.4, 0.5) is 5.69 Å². The van der Waals surface area contributed by atoms with E-state index in [0.717, 1.165) is 31.9 Å². The van der Waals surface area contributed by atoms with Crippen LogP contribution in [0.1, 0.15) is 43.9 Å². The van der Waals surface area contributed by atoms with Gasteiger partial charge in [0, 0.05) is 17.1 Å². The van der Waals surface area contributed by atoms with E-state index in [1.54, 1.807) is 43.3 Å². The maximum Gasteiger partial charge on any atom is 0.264 e. The third-order valence-electron chi connectivity index (χ3n) is 6.77. The Morgan fingerprint density at radius 3 is 2.13 bits per heavy atom. The van der Waals surface area contributed by atoms with Crippen LogP contribution < -0.4 is 9.62 Å². The van der Waals surface area contributed by atoms with Gasteiger partial charge in [-0.25, -0.2) is 8.42 Å². The highest BCUT2D eigenvalue weighted by Gasteiger charge is 2.33. The van der Waals surface area contributed by atoms with Crippen LogP contribution in [0.5, 0.6) is 0 Å². The lowest BCUT2D eigenvalue weighted by Gasteiger charge is -2.32. The fourth-order valence-electron chi connectivity index (χ4n) is 3.99. The minimum absolute atomic E-state index is 0.0588. The number of benzene rings is 3. The molecule has 39 heavy (non-hydrogen) atoms. The second-order valence-corrected chi connectivity index (χ2v) is 12.5. The lowest BCUT2D eigenvalue weighted by molar-refractivity contribution is -0.139. The number of hydrogen-bond donors (Lipinski definition) is 1. The van der Waals surface area contributed by atoms with E-state index in [0.29, 0.717) is 5.69 Å².